The summed E-state index contributed by atoms with van der Waals surface area (Å²) < 4.78 is 6.93. The summed E-state index contributed by atoms with van der Waals surface area (Å²) in [6.45, 7) is 1.91. The number of ether oxygens (including phenoxy) is 1. The summed E-state index contributed by atoms with van der Waals surface area (Å²) in [5.74, 6) is -0.268. The molecule has 0 radical (unpaired) electrons. The zero-order chi connectivity index (χ0) is 15.1. The van der Waals surface area contributed by atoms with Crippen molar-refractivity contribution < 1.29 is 14.6 Å². The van der Waals surface area contributed by atoms with Gasteiger partial charge in [0.2, 0.25) is 0 Å². The van der Waals surface area contributed by atoms with Crippen LogP contribution in [0.5, 0.6) is 5.75 Å². The molecule has 108 valence electrons. The number of benzene rings is 1. The number of aromatic nitrogens is 3. The number of methoxy groups -OCH3 is 1. The maximum Gasteiger partial charge on any atom is 0.339 e. The maximum absolute atomic E-state index is 11.4. The Labute approximate surface area is 121 Å². The summed E-state index contributed by atoms with van der Waals surface area (Å²) in [6, 6.07) is 5.69. The second-order valence-electron chi connectivity index (χ2n) is 4.84. The molecule has 0 atom stereocenters. The average molecular weight is 285 g/mol. The van der Waals surface area contributed by atoms with Crippen molar-refractivity contribution in [2.24, 2.45) is 7.05 Å². The van der Waals surface area contributed by atoms with Gasteiger partial charge >= 0.3 is 5.97 Å². The van der Waals surface area contributed by atoms with Crippen LogP contribution in [0.3, 0.4) is 0 Å². The molecule has 0 amide bonds. The van der Waals surface area contributed by atoms with Gasteiger partial charge in [0.15, 0.2) is 0 Å². The van der Waals surface area contributed by atoms with Crippen LogP contribution in [0.2, 0.25) is 0 Å². The first-order valence-corrected chi connectivity index (χ1v) is 6.45. The zero-order valence-corrected chi connectivity index (χ0v) is 12.0. The Bertz CT molecular complexity index is 845. The van der Waals surface area contributed by atoms with Gasteiger partial charge in [-0.15, -0.1) is 0 Å². The number of nitrogens with zero attached hydrogens (tertiary/aromatic N) is 2. The molecule has 0 unspecified atom stereocenters. The fourth-order valence-corrected chi connectivity index (χ4v) is 2.69. The molecule has 2 N–H and O–H groups in total. The van der Waals surface area contributed by atoms with Gasteiger partial charge in [0.25, 0.3) is 0 Å². The van der Waals surface area contributed by atoms with Crippen LogP contribution in [-0.2, 0) is 7.05 Å². The van der Waals surface area contributed by atoms with Crippen molar-refractivity contribution in [1.82, 2.24) is 14.8 Å². The number of rotatable bonds is 3. The smallest absolute Gasteiger partial charge is 0.339 e. The molecule has 0 aliphatic carbocycles. The van der Waals surface area contributed by atoms with E-state index in [4.69, 9.17) is 4.74 Å². The van der Waals surface area contributed by atoms with Crippen molar-refractivity contribution >= 4 is 16.9 Å². The van der Waals surface area contributed by atoms with E-state index in [9.17, 15) is 9.90 Å². The third-order valence-electron chi connectivity index (χ3n) is 3.61. The molecule has 6 heteroatoms. The number of nitrogens with one attached hydrogen (secondary N) is 1. The molecule has 0 saturated carbocycles. The van der Waals surface area contributed by atoms with Gasteiger partial charge in [-0.3, -0.25) is 4.68 Å². The molecule has 0 saturated heterocycles. The average Bonchev–Trinajstić information content (AvgIpc) is 2.97. The molecule has 1 aromatic carbocycles. The number of carboxylic acids is 1. The summed E-state index contributed by atoms with van der Waals surface area (Å²) in [6.07, 6.45) is 1.37. The number of fused-ring (bicyclic) bond motifs is 1. The Morgan fingerprint density at radius 2 is 2.19 bits per heavy atom. The Morgan fingerprint density at radius 3 is 2.86 bits per heavy atom. The Balaban J connectivity index is 2.39. The normalized spacial score (nSPS) is 11.0. The summed E-state index contributed by atoms with van der Waals surface area (Å²) >= 11 is 0. The molecule has 0 fully saturated rings. The largest absolute Gasteiger partial charge is 0.495 e. The first-order chi connectivity index (χ1) is 10.0. The quantitative estimate of drug-likeness (QED) is 0.775. The van der Waals surface area contributed by atoms with Gasteiger partial charge in [0, 0.05) is 23.7 Å². The number of carboxylic acid groups (broad SMARTS) is 1. The zero-order valence-electron chi connectivity index (χ0n) is 12.0. The lowest BCUT2D eigenvalue weighted by atomic mass is 10.0. The third kappa shape index (κ3) is 1.87. The predicted molar refractivity (Wildman–Crippen MR) is 78.7 cm³/mol. The standard InChI is InChI=1S/C15H15N3O3/c1-8-12(14-10(15(19)20)7-16-18(14)2)9-5-4-6-11(21-3)13(9)17-8/h4-7,17H,1-3H3,(H,19,20). The first kappa shape index (κ1) is 13.2. The van der Waals surface area contributed by atoms with Crippen LogP contribution < -0.4 is 4.74 Å². The number of carbonyl (C=O) groups is 1. The number of aromatic carboxylic acids is 1. The van der Waals surface area contributed by atoms with Crippen molar-refractivity contribution in [2.75, 3.05) is 7.11 Å². The molecular formula is C15H15N3O3. The molecule has 0 spiro atoms. The van der Waals surface area contributed by atoms with Crippen LogP contribution in [0.4, 0.5) is 0 Å². The first-order valence-electron chi connectivity index (χ1n) is 6.45. The number of aromatic amines is 1. The highest BCUT2D eigenvalue weighted by Gasteiger charge is 2.22. The van der Waals surface area contributed by atoms with Crippen molar-refractivity contribution in [2.45, 2.75) is 6.92 Å². The minimum Gasteiger partial charge on any atom is -0.495 e. The molecular weight excluding hydrogens is 270 g/mol. The van der Waals surface area contributed by atoms with E-state index in [1.807, 2.05) is 25.1 Å². The van der Waals surface area contributed by atoms with Gasteiger partial charge in [-0.05, 0) is 13.0 Å². The van der Waals surface area contributed by atoms with Gasteiger partial charge in [0.05, 0.1) is 24.5 Å². The van der Waals surface area contributed by atoms with E-state index in [0.29, 0.717) is 5.69 Å². The minimum absolute atomic E-state index is 0.185. The van der Waals surface area contributed by atoms with Crippen LogP contribution in [0.1, 0.15) is 16.1 Å². The van der Waals surface area contributed by atoms with Gasteiger partial charge in [-0.25, -0.2) is 4.79 Å². The Kier molecular flexibility index (Phi) is 2.94. The molecule has 0 bridgehead atoms. The minimum atomic E-state index is -0.991. The van der Waals surface area contributed by atoms with Crippen molar-refractivity contribution in [3.63, 3.8) is 0 Å². The molecule has 0 aliphatic heterocycles. The third-order valence-corrected chi connectivity index (χ3v) is 3.61. The molecule has 2 aromatic heterocycles. The SMILES string of the molecule is COc1cccc2c(-c3c(C(=O)O)cnn3C)c(C)[nH]c12. The lowest BCUT2D eigenvalue weighted by Crippen LogP contribution is -2.01. The molecule has 0 aliphatic rings. The molecule has 2 heterocycles. The summed E-state index contributed by atoms with van der Waals surface area (Å²) in [5.41, 5.74) is 3.33. The van der Waals surface area contributed by atoms with Crippen LogP contribution >= 0.6 is 0 Å². The van der Waals surface area contributed by atoms with Gasteiger partial charge in [-0.1, -0.05) is 12.1 Å². The van der Waals surface area contributed by atoms with E-state index in [-0.39, 0.29) is 5.56 Å². The maximum atomic E-state index is 11.4. The van der Waals surface area contributed by atoms with Gasteiger partial charge < -0.3 is 14.8 Å². The number of H-pyrrole nitrogens is 1. The highest BCUT2D eigenvalue weighted by molar-refractivity contribution is 6.04. The fraction of sp³-hybridized carbons (Fsp3) is 0.200. The van der Waals surface area contributed by atoms with E-state index in [0.717, 1.165) is 27.9 Å². The summed E-state index contributed by atoms with van der Waals surface area (Å²) in [5, 5.41) is 14.3. The van der Waals surface area contributed by atoms with E-state index in [1.165, 1.54) is 6.20 Å². The molecule has 3 rings (SSSR count). The number of para-hydroxylation sites is 1. The van der Waals surface area contributed by atoms with E-state index >= 15 is 0 Å². The Hall–Kier alpha value is -2.76. The van der Waals surface area contributed by atoms with Crippen LogP contribution in [0, 0.1) is 6.92 Å². The second kappa shape index (κ2) is 4.66. The van der Waals surface area contributed by atoms with E-state index < -0.39 is 5.97 Å². The van der Waals surface area contributed by atoms with Crippen LogP contribution in [0.25, 0.3) is 22.2 Å². The van der Waals surface area contributed by atoms with Gasteiger partial charge in [-0.2, -0.15) is 5.10 Å². The van der Waals surface area contributed by atoms with E-state index in [1.54, 1.807) is 18.8 Å². The number of aryl methyl sites for hydroxylation is 2. The lowest BCUT2D eigenvalue weighted by molar-refractivity contribution is 0.0697. The topological polar surface area (TPSA) is 80.1 Å². The number of hydrogen-bond acceptors (Lipinski definition) is 3. The van der Waals surface area contributed by atoms with Crippen molar-refractivity contribution in [3.05, 3.63) is 35.7 Å². The lowest BCUT2D eigenvalue weighted by Gasteiger charge is -2.05. The molecule has 21 heavy (non-hydrogen) atoms. The van der Waals surface area contributed by atoms with Gasteiger partial charge in [0.1, 0.15) is 11.3 Å². The highest BCUT2D eigenvalue weighted by Crippen LogP contribution is 2.37. The van der Waals surface area contributed by atoms with Crippen molar-refractivity contribution in [1.29, 1.82) is 0 Å². The fourth-order valence-electron chi connectivity index (χ4n) is 2.69. The second-order valence-corrected chi connectivity index (χ2v) is 4.84. The van der Waals surface area contributed by atoms with Crippen LogP contribution in [-0.4, -0.2) is 33.0 Å². The van der Waals surface area contributed by atoms with E-state index in [2.05, 4.69) is 10.1 Å². The number of hydrogen-bond donors (Lipinski definition) is 2. The van der Waals surface area contributed by atoms with Crippen LogP contribution in [0.15, 0.2) is 24.4 Å². The summed E-state index contributed by atoms with van der Waals surface area (Å²) in [4.78, 5) is 14.7. The monoisotopic (exact) mass is 285 g/mol. The molecule has 3 aromatic rings. The van der Waals surface area contributed by atoms with Crippen molar-refractivity contribution in [3.8, 4) is 17.0 Å². The predicted octanol–water partition coefficient (Wildman–Crippen LogP) is 2.58. The Morgan fingerprint density at radius 1 is 1.43 bits per heavy atom. The molecule has 6 nitrogen and oxygen atoms in total. The highest BCUT2D eigenvalue weighted by atomic mass is 16.5. The summed E-state index contributed by atoms with van der Waals surface area (Å²) in [7, 11) is 3.34.